The molecule has 0 aliphatic carbocycles. The molecule has 0 unspecified atom stereocenters. The molecule has 0 spiro atoms. The van der Waals surface area contributed by atoms with Crippen molar-refractivity contribution >= 4 is 23.8 Å². The van der Waals surface area contributed by atoms with Gasteiger partial charge in [0, 0.05) is 19.7 Å². The van der Waals surface area contributed by atoms with Crippen LogP contribution in [0.5, 0.6) is 11.5 Å². The molecule has 98 valence electrons. The number of nitrogens with zero attached hydrogens (tertiary/aromatic N) is 1. The third-order valence-corrected chi connectivity index (χ3v) is 2.51. The lowest BCUT2D eigenvalue weighted by Crippen LogP contribution is -2.27. The lowest BCUT2D eigenvalue weighted by molar-refractivity contribution is -0.130. The predicted octanol–water partition coefficient (Wildman–Crippen LogP) is 1.63. The fourth-order valence-electron chi connectivity index (χ4n) is 1.21. The minimum absolute atomic E-state index is 0.149. The largest absolute Gasteiger partial charge is 0.493 e. The van der Waals surface area contributed by atoms with E-state index in [1.54, 1.807) is 14.1 Å². The summed E-state index contributed by atoms with van der Waals surface area (Å²) in [5.41, 5.74) is 0.378. The number of carbonyl (C=O) groups excluding carboxylic acids is 2. The van der Waals surface area contributed by atoms with Crippen LogP contribution in [-0.4, -0.2) is 44.9 Å². The molecule has 1 aromatic rings. The monoisotopic (exact) mass is 271 g/mol. The second-order valence-electron chi connectivity index (χ2n) is 3.73. The Bertz CT molecular complexity index is 460. The van der Waals surface area contributed by atoms with E-state index in [-0.39, 0.29) is 23.3 Å². The Labute approximate surface area is 110 Å². The first kappa shape index (κ1) is 14.3. The number of rotatable bonds is 5. The first-order valence-corrected chi connectivity index (χ1v) is 5.53. The Morgan fingerprint density at radius 3 is 2.61 bits per heavy atom. The number of amides is 1. The van der Waals surface area contributed by atoms with Gasteiger partial charge < -0.3 is 14.4 Å². The van der Waals surface area contributed by atoms with E-state index < -0.39 is 0 Å². The van der Waals surface area contributed by atoms with Crippen LogP contribution in [0.1, 0.15) is 10.4 Å². The lowest BCUT2D eigenvalue weighted by atomic mass is 10.2. The van der Waals surface area contributed by atoms with Crippen LogP contribution in [0.15, 0.2) is 12.1 Å². The van der Waals surface area contributed by atoms with Crippen LogP contribution in [0.4, 0.5) is 0 Å². The van der Waals surface area contributed by atoms with Gasteiger partial charge in [-0.25, -0.2) is 0 Å². The number of likely N-dealkylation sites (N-methyl/N-ethyl adjacent to an activating group) is 1. The predicted molar refractivity (Wildman–Crippen MR) is 67.6 cm³/mol. The molecule has 0 bridgehead atoms. The molecule has 0 fully saturated rings. The van der Waals surface area contributed by atoms with E-state index in [4.69, 9.17) is 21.1 Å². The van der Waals surface area contributed by atoms with Gasteiger partial charge in [0.15, 0.2) is 18.1 Å². The molecule has 0 saturated carbocycles. The number of hydrogen-bond donors (Lipinski definition) is 0. The summed E-state index contributed by atoms with van der Waals surface area (Å²) in [5.74, 6) is 0.365. The summed E-state index contributed by atoms with van der Waals surface area (Å²) in [6.45, 7) is -0.149. The average molecular weight is 272 g/mol. The zero-order valence-corrected chi connectivity index (χ0v) is 11.2. The van der Waals surface area contributed by atoms with Crippen molar-refractivity contribution in [2.75, 3.05) is 27.8 Å². The average Bonchev–Trinajstić information content (AvgIpc) is 2.35. The number of hydrogen-bond acceptors (Lipinski definition) is 4. The number of carbonyl (C=O) groups is 2. The number of aldehydes is 1. The Balaban J connectivity index is 2.94. The summed E-state index contributed by atoms with van der Waals surface area (Å²) in [6, 6.07) is 2.95. The standard InChI is InChI=1S/C12H14ClNO4/c1-14(2)11(16)7-18-12-9(13)4-8(6-15)5-10(12)17-3/h4-6H,7H2,1-3H3. The Morgan fingerprint density at radius 1 is 1.44 bits per heavy atom. The van der Waals surface area contributed by atoms with Gasteiger partial charge in [0.1, 0.15) is 6.29 Å². The van der Waals surface area contributed by atoms with Crippen molar-refractivity contribution in [2.24, 2.45) is 0 Å². The molecule has 0 heterocycles. The Hall–Kier alpha value is -1.75. The highest BCUT2D eigenvalue weighted by atomic mass is 35.5. The van der Waals surface area contributed by atoms with Crippen molar-refractivity contribution in [1.82, 2.24) is 4.90 Å². The first-order chi connectivity index (χ1) is 8.49. The maximum absolute atomic E-state index is 11.4. The normalized spacial score (nSPS) is 9.78. The van der Waals surface area contributed by atoms with Crippen LogP contribution in [0, 0.1) is 0 Å². The minimum atomic E-state index is -0.201. The molecule has 1 aromatic carbocycles. The molecule has 0 aliphatic rings. The van der Waals surface area contributed by atoms with Crippen LogP contribution in [0.25, 0.3) is 0 Å². The van der Waals surface area contributed by atoms with E-state index in [0.717, 1.165) is 0 Å². The third kappa shape index (κ3) is 3.37. The van der Waals surface area contributed by atoms with Crippen molar-refractivity contribution in [1.29, 1.82) is 0 Å². The van der Waals surface area contributed by atoms with Crippen molar-refractivity contribution in [3.05, 3.63) is 22.7 Å². The van der Waals surface area contributed by atoms with Crippen molar-refractivity contribution in [2.45, 2.75) is 0 Å². The maximum atomic E-state index is 11.4. The van der Waals surface area contributed by atoms with Crippen molar-refractivity contribution in [3.63, 3.8) is 0 Å². The van der Waals surface area contributed by atoms with Crippen LogP contribution in [-0.2, 0) is 4.79 Å². The van der Waals surface area contributed by atoms with Crippen molar-refractivity contribution in [3.8, 4) is 11.5 Å². The van der Waals surface area contributed by atoms with Gasteiger partial charge in [0.2, 0.25) is 0 Å². The number of ether oxygens (including phenoxy) is 2. The van der Waals surface area contributed by atoms with Crippen LogP contribution in [0.2, 0.25) is 5.02 Å². The second kappa shape index (κ2) is 6.26. The third-order valence-electron chi connectivity index (χ3n) is 2.23. The molecular weight excluding hydrogens is 258 g/mol. The molecule has 1 rings (SSSR count). The van der Waals surface area contributed by atoms with E-state index in [1.807, 2.05) is 0 Å². The molecule has 18 heavy (non-hydrogen) atoms. The molecule has 0 radical (unpaired) electrons. The fraction of sp³-hybridized carbons (Fsp3) is 0.333. The molecule has 0 N–H and O–H groups in total. The van der Waals surface area contributed by atoms with E-state index in [9.17, 15) is 9.59 Å². The highest BCUT2D eigenvalue weighted by molar-refractivity contribution is 6.32. The van der Waals surface area contributed by atoms with Crippen LogP contribution < -0.4 is 9.47 Å². The van der Waals surface area contributed by atoms with Crippen LogP contribution >= 0.6 is 11.6 Å². The fourth-order valence-corrected chi connectivity index (χ4v) is 1.48. The first-order valence-electron chi connectivity index (χ1n) is 5.15. The van der Waals surface area contributed by atoms with E-state index in [1.165, 1.54) is 24.1 Å². The maximum Gasteiger partial charge on any atom is 0.259 e. The van der Waals surface area contributed by atoms with E-state index >= 15 is 0 Å². The quantitative estimate of drug-likeness (QED) is 0.764. The second-order valence-corrected chi connectivity index (χ2v) is 4.14. The molecule has 0 aliphatic heterocycles. The summed E-state index contributed by atoms with van der Waals surface area (Å²) in [6.07, 6.45) is 0.656. The smallest absolute Gasteiger partial charge is 0.259 e. The van der Waals surface area contributed by atoms with Gasteiger partial charge in [-0.3, -0.25) is 9.59 Å². The van der Waals surface area contributed by atoms with Crippen LogP contribution in [0.3, 0.4) is 0 Å². The Morgan fingerprint density at radius 2 is 2.11 bits per heavy atom. The van der Waals surface area contributed by atoms with Gasteiger partial charge in [-0.2, -0.15) is 0 Å². The number of halogens is 1. The van der Waals surface area contributed by atoms with Gasteiger partial charge >= 0.3 is 0 Å². The van der Waals surface area contributed by atoms with Crippen molar-refractivity contribution < 1.29 is 19.1 Å². The van der Waals surface area contributed by atoms with Gasteiger partial charge in [-0.05, 0) is 12.1 Å². The molecule has 6 heteroatoms. The van der Waals surface area contributed by atoms with Gasteiger partial charge in [-0.1, -0.05) is 11.6 Å². The topological polar surface area (TPSA) is 55.8 Å². The summed E-state index contributed by atoms with van der Waals surface area (Å²) in [5, 5.41) is 0.225. The van der Waals surface area contributed by atoms with Gasteiger partial charge in [0.05, 0.1) is 12.1 Å². The van der Waals surface area contributed by atoms with Gasteiger partial charge in [0.25, 0.3) is 5.91 Å². The lowest BCUT2D eigenvalue weighted by Gasteiger charge is -2.14. The minimum Gasteiger partial charge on any atom is -0.493 e. The molecule has 0 saturated heterocycles. The summed E-state index contributed by atoms with van der Waals surface area (Å²) in [4.78, 5) is 23.5. The number of benzene rings is 1. The highest BCUT2D eigenvalue weighted by Crippen LogP contribution is 2.35. The Kier molecular flexibility index (Phi) is 4.97. The summed E-state index contributed by atoms with van der Waals surface area (Å²) in [7, 11) is 4.68. The molecule has 0 atom stereocenters. The molecule has 1 amide bonds. The molecule has 0 aromatic heterocycles. The summed E-state index contributed by atoms with van der Waals surface area (Å²) < 4.78 is 10.4. The molecular formula is C12H14ClNO4. The van der Waals surface area contributed by atoms with E-state index in [2.05, 4.69) is 0 Å². The van der Waals surface area contributed by atoms with Gasteiger partial charge in [-0.15, -0.1) is 0 Å². The number of methoxy groups -OCH3 is 1. The van der Waals surface area contributed by atoms with E-state index in [0.29, 0.717) is 17.6 Å². The SMILES string of the molecule is COc1cc(C=O)cc(Cl)c1OCC(=O)N(C)C. The zero-order valence-electron chi connectivity index (χ0n) is 10.4. The molecule has 5 nitrogen and oxygen atoms in total. The zero-order chi connectivity index (χ0) is 13.7. The highest BCUT2D eigenvalue weighted by Gasteiger charge is 2.14. The summed E-state index contributed by atoms with van der Waals surface area (Å²) >= 11 is 5.97.